The molecule has 1 saturated carbocycles. The van der Waals surface area contributed by atoms with Gasteiger partial charge in [0.1, 0.15) is 5.75 Å². The highest BCUT2D eigenvalue weighted by atomic mass is 79.9. The summed E-state index contributed by atoms with van der Waals surface area (Å²) < 4.78 is 6.39. The standard InChI is InChI=1S/C16H21BrN2O2/c17-13-8-10-15(11-9-13)21-12-16(20)19-18-14-6-4-2-1-3-5-7-14/h8-11H,1-7,12H2,(H,19,20). The van der Waals surface area contributed by atoms with Gasteiger partial charge in [0.25, 0.3) is 5.91 Å². The smallest absolute Gasteiger partial charge is 0.277 e. The third kappa shape index (κ3) is 6.29. The molecular weight excluding hydrogens is 332 g/mol. The highest BCUT2D eigenvalue weighted by molar-refractivity contribution is 9.10. The number of hydrazone groups is 1. The molecule has 1 N–H and O–H groups in total. The number of amides is 1. The van der Waals surface area contributed by atoms with Crippen LogP contribution in [0.3, 0.4) is 0 Å². The maximum absolute atomic E-state index is 11.7. The zero-order valence-corrected chi connectivity index (χ0v) is 13.7. The predicted molar refractivity (Wildman–Crippen MR) is 87.5 cm³/mol. The first-order valence-electron chi connectivity index (χ1n) is 7.47. The summed E-state index contributed by atoms with van der Waals surface area (Å²) in [6.07, 6.45) is 8.18. The zero-order chi connectivity index (χ0) is 14.9. The SMILES string of the molecule is O=C(COc1ccc(Br)cc1)NN=C1CCCCCCC1. The van der Waals surface area contributed by atoms with Crippen LogP contribution in [-0.4, -0.2) is 18.2 Å². The average molecular weight is 353 g/mol. The van der Waals surface area contributed by atoms with E-state index in [-0.39, 0.29) is 12.5 Å². The van der Waals surface area contributed by atoms with Crippen molar-refractivity contribution in [3.8, 4) is 5.75 Å². The summed E-state index contributed by atoms with van der Waals surface area (Å²) in [5.74, 6) is 0.458. The number of ether oxygens (including phenoxy) is 1. The molecule has 0 saturated heterocycles. The van der Waals surface area contributed by atoms with Crippen molar-refractivity contribution < 1.29 is 9.53 Å². The Balaban J connectivity index is 1.74. The van der Waals surface area contributed by atoms with Crippen LogP contribution in [0.2, 0.25) is 0 Å². The molecule has 0 atom stereocenters. The highest BCUT2D eigenvalue weighted by Crippen LogP contribution is 2.16. The Morgan fingerprint density at radius 3 is 2.38 bits per heavy atom. The average Bonchev–Trinajstić information content (AvgIpc) is 2.45. The molecule has 0 aliphatic heterocycles. The second-order valence-electron chi connectivity index (χ2n) is 5.22. The molecule has 1 fully saturated rings. The second-order valence-corrected chi connectivity index (χ2v) is 6.14. The molecule has 21 heavy (non-hydrogen) atoms. The molecule has 114 valence electrons. The normalized spacial score (nSPS) is 15.8. The van der Waals surface area contributed by atoms with E-state index in [1.807, 2.05) is 24.3 Å². The lowest BCUT2D eigenvalue weighted by Gasteiger charge is -2.11. The van der Waals surface area contributed by atoms with Crippen LogP contribution in [-0.2, 0) is 4.79 Å². The topological polar surface area (TPSA) is 50.7 Å². The van der Waals surface area contributed by atoms with Crippen LogP contribution in [0.4, 0.5) is 0 Å². The van der Waals surface area contributed by atoms with Crippen molar-refractivity contribution in [2.75, 3.05) is 6.61 Å². The van der Waals surface area contributed by atoms with Crippen molar-refractivity contribution in [1.82, 2.24) is 5.43 Å². The van der Waals surface area contributed by atoms with Crippen molar-refractivity contribution in [2.24, 2.45) is 5.10 Å². The van der Waals surface area contributed by atoms with Gasteiger partial charge in [-0.05, 0) is 49.9 Å². The van der Waals surface area contributed by atoms with E-state index in [0.717, 1.165) is 23.0 Å². The molecule has 1 aromatic rings. The van der Waals surface area contributed by atoms with E-state index in [1.54, 1.807) is 0 Å². The maximum atomic E-state index is 11.7. The summed E-state index contributed by atoms with van der Waals surface area (Å²) in [7, 11) is 0. The van der Waals surface area contributed by atoms with Crippen molar-refractivity contribution in [3.05, 3.63) is 28.7 Å². The van der Waals surface area contributed by atoms with Gasteiger partial charge in [0.15, 0.2) is 6.61 Å². The number of rotatable bonds is 4. The monoisotopic (exact) mass is 352 g/mol. The molecule has 0 unspecified atom stereocenters. The number of carbonyl (C=O) groups is 1. The minimum Gasteiger partial charge on any atom is -0.484 e. The van der Waals surface area contributed by atoms with Gasteiger partial charge in [0, 0.05) is 10.2 Å². The Bertz CT molecular complexity index is 476. The van der Waals surface area contributed by atoms with Crippen molar-refractivity contribution >= 4 is 27.5 Å². The van der Waals surface area contributed by atoms with Gasteiger partial charge in [0.05, 0.1) is 0 Å². The van der Waals surface area contributed by atoms with Crippen LogP contribution in [0, 0.1) is 0 Å². The number of benzene rings is 1. The van der Waals surface area contributed by atoms with Crippen LogP contribution < -0.4 is 10.2 Å². The van der Waals surface area contributed by atoms with E-state index < -0.39 is 0 Å². The van der Waals surface area contributed by atoms with Gasteiger partial charge < -0.3 is 4.74 Å². The molecule has 2 rings (SSSR count). The Morgan fingerprint density at radius 2 is 1.71 bits per heavy atom. The number of hydrogen-bond donors (Lipinski definition) is 1. The Hall–Kier alpha value is -1.36. The van der Waals surface area contributed by atoms with Crippen LogP contribution in [0.15, 0.2) is 33.8 Å². The van der Waals surface area contributed by atoms with E-state index in [4.69, 9.17) is 4.74 Å². The zero-order valence-electron chi connectivity index (χ0n) is 12.1. The second kappa shape index (κ2) is 8.82. The lowest BCUT2D eigenvalue weighted by Crippen LogP contribution is -2.26. The van der Waals surface area contributed by atoms with E-state index in [1.165, 1.54) is 32.1 Å². The number of hydrogen-bond acceptors (Lipinski definition) is 3. The summed E-state index contributed by atoms with van der Waals surface area (Å²) in [5.41, 5.74) is 3.70. The molecule has 0 bridgehead atoms. The van der Waals surface area contributed by atoms with E-state index in [0.29, 0.717) is 5.75 Å². The third-order valence-corrected chi connectivity index (χ3v) is 3.98. The number of carbonyl (C=O) groups excluding carboxylic acids is 1. The molecule has 0 aromatic heterocycles. The summed E-state index contributed by atoms with van der Waals surface area (Å²) in [6.45, 7) is -0.0155. The summed E-state index contributed by atoms with van der Waals surface area (Å²) in [4.78, 5) is 11.7. The Kier molecular flexibility index (Phi) is 6.73. The van der Waals surface area contributed by atoms with Gasteiger partial charge in [-0.3, -0.25) is 4.79 Å². The van der Waals surface area contributed by atoms with E-state index in [9.17, 15) is 4.79 Å². The summed E-state index contributed by atoms with van der Waals surface area (Å²) >= 11 is 3.35. The highest BCUT2D eigenvalue weighted by Gasteiger charge is 2.06. The molecular formula is C16H21BrN2O2. The van der Waals surface area contributed by atoms with Crippen LogP contribution in [0.5, 0.6) is 5.75 Å². The molecule has 0 radical (unpaired) electrons. The number of nitrogens with one attached hydrogen (secondary N) is 1. The maximum Gasteiger partial charge on any atom is 0.277 e. The van der Waals surface area contributed by atoms with Crippen LogP contribution >= 0.6 is 15.9 Å². The van der Waals surface area contributed by atoms with Crippen LogP contribution in [0.25, 0.3) is 0 Å². The number of halogens is 1. The third-order valence-electron chi connectivity index (χ3n) is 3.45. The fourth-order valence-electron chi connectivity index (χ4n) is 2.28. The van der Waals surface area contributed by atoms with Gasteiger partial charge in [-0.15, -0.1) is 0 Å². The molecule has 1 aliphatic carbocycles. The molecule has 1 aromatic carbocycles. The first-order valence-corrected chi connectivity index (χ1v) is 8.26. The molecule has 1 aliphatic rings. The quantitative estimate of drug-likeness (QED) is 0.831. The molecule has 0 heterocycles. The summed E-state index contributed by atoms with van der Waals surface area (Å²) in [6, 6.07) is 7.39. The summed E-state index contributed by atoms with van der Waals surface area (Å²) in [5, 5.41) is 4.24. The fourth-order valence-corrected chi connectivity index (χ4v) is 2.54. The van der Waals surface area contributed by atoms with Crippen molar-refractivity contribution in [2.45, 2.75) is 44.9 Å². The van der Waals surface area contributed by atoms with Crippen molar-refractivity contribution in [3.63, 3.8) is 0 Å². The van der Waals surface area contributed by atoms with Gasteiger partial charge in [-0.2, -0.15) is 5.10 Å². The van der Waals surface area contributed by atoms with Gasteiger partial charge in [-0.1, -0.05) is 35.2 Å². The molecule has 1 amide bonds. The molecule has 0 spiro atoms. The predicted octanol–water partition coefficient (Wildman–Crippen LogP) is 4.04. The fraction of sp³-hybridized carbons (Fsp3) is 0.500. The first-order chi connectivity index (χ1) is 10.2. The Labute approximate surface area is 134 Å². The largest absolute Gasteiger partial charge is 0.484 e. The van der Waals surface area contributed by atoms with Gasteiger partial charge >= 0.3 is 0 Å². The number of nitrogens with zero attached hydrogens (tertiary/aromatic N) is 1. The lowest BCUT2D eigenvalue weighted by atomic mass is 9.99. The van der Waals surface area contributed by atoms with E-state index >= 15 is 0 Å². The minimum atomic E-state index is -0.215. The molecule has 4 nitrogen and oxygen atoms in total. The minimum absolute atomic E-state index is 0.0155. The van der Waals surface area contributed by atoms with Crippen molar-refractivity contribution in [1.29, 1.82) is 0 Å². The lowest BCUT2D eigenvalue weighted by molar-refractivity contribution is -0.123. The van der Waals surface area contributed by atoms with Gasteiger partial charge in [0.2, 0.25) is 0 Å². The first kappa shape index (κ1) is 16.0. The van der Waals surface area contributed by atoms with E-state index in [2.05, 4.69) is 26.5 Å². The molecule has 5 heteroatoms. The Morgan fingerprint density at radius 1 is 1.10 bits per heavy atom. The van der Waals surface area contributed by atoms with Gasteiger partial charge in [-0.25, -0.2) is 5.43 Å². The van der Waals surface area contributed by atoms with Crippen LogP contribution in [0.1, 0.15) is 44.9 Å².